The van der Waals surface area contributed by atoms with Crippen molar-refractivity contribution in [3.05, 3.63) is 70.3 Å². The van der Waals surface area contributed by atoms with Gasteiger partial charge >= 0.3 is 5.97 Å². The zero-order valence-electron chi connectivity index (χ0n) is 18.3. The van der Waals surface area contributed by atoms with Gasteiger partial charge in [-0.2, -0.15) is 5.10 Å². The molecule has 172 valence electrons. The third-order valence-electron chi connectivity index (χ3n) is 4.85. The molecule has 10 nitrogen and oxygen atoms in total. The number of hydrogen-bond donors (Lipinski definition) is 1. The van der Waals surface area contributed by atoms with Crippen molar-refractivity contribution < 1.29 is 24.0 Å². The van der Waals surface area contributed by atoms with Crippen molar-refractivity contribution in [2.24, 2.45) is 5.10 Å². The van der Waals surface area contributed by atoms with Gasteiger partial charge in [-0.1, -0.05) is 36.4 Å². The molecule has 10 heteroatoms. The maximum Gasteiger partial charge on any atom is 0.308 e. The molecule has 0 saturated heterocycles. The Balaban J connectivity index is 1.89. The summed E-state index contributed by atoms with van der Waals surface area (Å²) in [4.78, 5) is 48.7. The van der Waals surface area contributed by atoms with Crippen molar-refractivity contribution in [3.63, 3.8) is 0 Å². The Morgan fingerprint density at radius 1 is 1.12 bits per heavy atom. The number of amides is 2. The molecule has 0 radical (unpaired) electrons. The van der Waals surface area contributed by atoms with Gasteiger partial charge in [-0.15, -0.1) is 0 Å². The lowest BCUT2D eigenvalue weighted by Crippen LogP contribution is -2.41. The van der Waals surface area contributed by atoms with Crippen molar-refractivity contribution in [3.8, 4) is 0 Å². The SMILES string of the molecule is CC(C)OC(=O)C[C@@H](NC(=O)C1=NN(c2ccccc2)C(=O)CC1)c1ccccc1[N+](=O)[O-]. The monoisotopic (exact) mass is 452 g/mol. The lowest BCUT2D eigenvalue weighted by atomic mass is 10.0. The Labute approximate surface area is 190 Å². The molecule has 1 aliphatic rings. The number of para-hydroxylation sites is 2. The molecule has 1 atom stereocenters. The fraction of sp³-hybridized carbons (Fsp3) is 0.304. The zero-order chi connectivity index (χ0) is 24.0. The van der Waals surface area contributed by atoms with E-state index in [2.05, 4.69) is 10.4 Å². The van der Waals surface area contributed by atoms with Crippen LogP contribution in [0.1, 0.15) is 44.7 Å². The molecule has 2 aromatic rings. The van der Waals surface area contributed by atoms with Crippen LogP contribution in [0.3, 0.4) is 0 Å². The van der Waals surface area contributed by atoms with Gasteiger partial charge in [-0.05, 0) is 26.0 Å². The van der Waals surface area contributed by atoms with Gasteiger partial charge in [0.25, 0.3) is 11.6 Å². The van der Waals surface area contributed by atoms with Crippen LogP contribution in [-0.2, 0) is 19.1 Å². The average Bonchev–Trinajstić information content (AvgIpc) is 2.79. The smallest absolute Gasteiger partial charge is 0.308 e. The van der Waals surface area contributed by atoms with Gasteiger partial charge in [0.05, 0.1) is 34.7 Å². The van der Waals surface area contributed by atoms with E-state index in [1.165, 1.54) is 18.2 Å². The predicted octanol–water partition coefficient (Wildman–Crippen LogP) is 3.28. The van der Waals surface area contributed by atoms with Gasteiger partial charge in [0.15, 0.2) is 0 Å². The number of nitro groups is 1. The van der Waals surface area contributed by atoms with Crippen LogP contribution in [0.2, 0.25) is 0 Å². The summed E-state index contributed by atoms with van der Waals surface area (Å²) in [5.74, 6) is -1.49. The highest BCUT2D eigenvalue weighted by Crippen LogP contribution is 2.28. The number of carbonyl (C=O) groups is 3. The topological polar surface area (TPSA) is 131 Å². The van der Waals surface area contributed by atoms with Crippen LogP contribution in [-0.4, -0.2) is 34.5 Å². The van der Waals surface area contributed by atoms with E-state index in [1.54, 1.807) is 50.2 Å². The molecule has 0 saturated carbocycles. The van der Waals surface area contributed by atoms with Crippen LogP contribution >= 0.6 is 0 Å². The van der Waals surface area contributed by atoms with E-state index in [9.17, 15) is 24.5 Å². The van der Waals surface area contributed by atoms with Gasteiger partial charge in [-0.3, -0.25) is 24.5 Å². The Bertz CT molecular complexity index is 1080. The molecule has 1 aliphatic heterocycles. The summed E-state index contributed by atoms with van der Waals surface area (Å²) in [5.41, 5.74) is 0.540. The summed E-state index contributed by atoms with van der Waals surface area (Å²) in [7, 11) is 0. The second-order valence-corrected chi connectivity index (χ2v) is 7.67. The molecule has 0 bridgehead atoms. The van der Waals surface area contributed by atoms with Gasteiger partial charge < -0.3 is 10.1 Å². The molecular weight excluding hydrogens is 428 g/mol. The van der Waals surface area contributed by atoms with Crippen molar-refractivity contribution >= 4 is 34.9 Å². The Morgan fingerprint density at radius 2 is 1.79 bits per heavy atom. The quantitative estimate of drug-likeness (QED) is 0.371. The summed E-state index contributed by atoms with van der Waals surface area (Å²) >= 11 is 0. The summed E-state index contributed by atoms with van der Waals surface area (Å²) in [6.07, 6.45) is -0.503. The predicted molar refractivity (Wildman–Crippen MR) is 120 cm³/mol. The molecule has 2 aromatic carbocycles. The number of anilines is 1. The van der Waals surface area contributed by atoms with Gasteiger partial charge in [0.2, 0.25) is 5.91 Å². The first-order chi connectivity index (χ1) is 15.8. The number of nitrogens with one attached hydrogen (secondary N) is 1. The summed E-state index contributed by atoms with van der Waals surface area (Å²) < 4.78 is 5.18. The van der Waals surface area contributed by atoms with Crippen molar-refractivity contribution in [2.75, 3.05) is 5.01 Å². The normalized spacial score (nSPS) is 14.5. The Morgan fingerprint density at radius 3 is 2.45 bits per heavy atom. The third kappa shape index (κ3) is 6.00. The van der Waals surface area contributed by atoms with Crippen molar-refractivity contribution in [1.29, 1.82) is 0 Å². The van der Waals surface area contributed by atoms with Crippen LogP contribution in [0, 0.1) is 10.1 Å². The Kier molecular flexibility index (Phi) is 7.50. The number of hydrogen-bond acceptors (Lipinski definition) is 7. The number of ether oxygens (including phenoxy) is 1. The highest BCUT2D eigenvalue weighted by atomic mass is 16.6. The first-order valence-corrected chi connectivity index (χ1v) is 10.5. The number of esters is 1. The summed E-state index contributed by atoms with van der Waals surface area (Å²) in [6, 6.07) is 13.5. The van der Waals surface area contributed by atoms with Crippen LogP contribution in [0.25, 0.3) is 0 Å². The van der Waals surface area contributed by atoms with E-state index in [0.717, 1.165) is 5.01 Å². The van der Waals surface area contributed by atoms with Gasteiger partial charge in [0.1, 0.15) is 5.71 Å². The fourth-order valence-electron chi connectivity index (χ4n) is 3.39. The van der Waals surface area contributed by atoms with Crippen molar-refractivity contribution in [2.45, 2.75) is 45.3 Å². The highest BCUT2D eigenvalue weighted by molar-refractivity contribution is 6.40. The molecule has 3 rings (SSSR count). The molecule has 2 amide bonds. The number of rotatable bonds is 8. The molecule has 33 heavy (non-hydrogen) atoms. The number of hydrazone groups is 1. The first kappa shape index (κ1) is 23.6. The molecule has 1 N–H and O–H groups in total. The van der Waals surface area contributed by atoms with E-state index >= 15 is 0 Å². The fourth-order valence-corrected chi connectivity index (χ4v) is 3.39. The lowest BCUT2D eigenvalue weighted by molar-refractivity contribution is -0.385. The number of carbonyl (C=O) groups excluding carboxylic acids is 3. The standard InChI is InChI=1S/C23H24N4O6/c1-15(2)33-22(29)14-19(17-10-6-7-11-20(17)27(31)32)24-23(30)18-12-13-21(28)26(25-18)16-8-4-3-5-9-16/h3-11,15,19H,12-14H2,1-2H3,(H,24,30)/t19-/m1/s1. The molecule has 0 fully saturated rings. The zero-order valence-corrected chi connectivity index (χ0v) is 18.3. The number of benzene rings is 2. The molecule has 0 aliphatic carbocycles. The average molecular weight is 452 g/mol. The minimum Gasteiger partial charge on any atom is -0.463 e. The Hall–Kier alpha value is -4.08. The summed E-state index contributed by atoms with van der Waals surface area (Å²) in [6.45, 7) is 3.37. The maximum absolute atomic E-state index is 13.0. The molecule has 0 aromatic heterocycles. The van der Waals surface area contributed by atoms with Gasteiger partial charge in [0, 0.05) is 18.9 Å². The maximum atomic E-state index is 13.0. The second kappa shape index (κ2) is 10.5. The van der Waals surface area contributed by atoms with E-state index < -0.39 is 22.8 Å². The number of nitrogens with zero attached hydrogens (tertiary/aromatic N) is 3. The molecule has 1 heterocycles. The van der Waals surface area contributed by atoms with E-state index in [0.29, 0.717) is 5.69 Å². The van der Waals surface area contributed by atoms with E-state index in [4.69, 9.17) is 4.74 Å². The van der Waals surface area contributed by atoms with E-state index in [1.807, 2.05) is 0 Å². The van der Waals surface area contributed by atoms with Crippen molar-refractivity contribution in [1.82, 2.24) is 5.32 Å². The van der Waals surface area contributed by atoms with Crippen LogP contribution < -0.4 is 10.3 Å². The van der Waals surface area contributed by atoms with E-state index in [-0.39, 0.29) is 48.2 Å². The van der Waals surface area contributed by atoms with Crippen LogP contribution in [0.4, 0.5) is 11.4 Å². The summed E-state index contributed by atoms with van der Waals surface area (Å²) in [5, 5.41) is 19.6. The van der Waals surface area contributed by atoms with Gasteiger partial charge in [-0.25, -0.2) is 5.01 Å². The molecular formula is C23H24N4O6. The minimum absolute atomic E-state index is 0.0761. The largest absolute Gasteiger partial charge is 0.463 e. The second-order valence-electron chi connectivity index (χ2n) is 7.67. The van der Waals surface area contributed by atoms with Crippen LogP contribution in [0.5, 0.6) is 0 Å². The molecule has 0 spiro atoms. The molecule has 0 unspecified atom stereocenters. The lowest BCUT2D eigenvalue weighted by Gasteiger charge is -2.24. The van der Waals surface area contributed by atoms with Crippen LogP contribution in [0.15, 0.2) is 59.7 Å². The third-order valence-corrected chi connectivity index (χ3v) is 4.85. The number of nitro benzene ring substituents is 1. The minimum atomic E-state index is -1.02. The highest BCUT2D eigenvalue weighted by Gasteiger charge is 2.30. The first-order valence-electron chi connectivity index (χ1n) is 10.5.